The molecule has 3 nitrogen and oxygen atoms in total. The highest BCUT2D eigenvalue weighted by Gasteiger charge is 2.33. The maximum absolute atomic E-state index is 11.8. The minimum atomic E-state index is -0.180. The Morgan fingerprint density at radius 2 is 1.81 bits per heavy atom. The van der Waals surface area contributed by atoms with Gasteiger partial charge >= 0.3 is 0 Å². The highest BCUT2D eigenvalue weighted by atomic mass is 16.3. The van der Waals surface area contributed by atoms with Crippen molar-refractivity contribution in [2.45, 2.75) is 46.5 Å². The Kier molecular flexibility index (Phi) is 4.27. The molecule has 0 amide bonds. The van der Waals surface area contributed by atoms with Gasteiger partial charge in [-0.2, -0.15) is 0 Å². The van der Waals surface area contributed by atoms with E-state index < -0.39 is 0 Å². The number of ketones is 2. The van der Waals surface area contributed by atoms with Crippen molar-refractivity contribution in [1.29, 1.82) is 0 Å². The molecule has 16 heavy (non-hydrogen) atoms. The number of hydrogen-bond acceptors (Lipinski definition) is 3. The van der Waals surface area contributed by atoms with Crippen LogP contribution in [0.3, 0.4) is 0 Å². The van der Waals surface area contributed by atoms with Crippen LogP contribution in [0, 0.1) is 11.8 Å². The van der Waals surface area contributed by atoms with Gasteiger partial charge in [0.05, 0.1) is 5.57 Å². The minimum absolute atomic E-state index is 0.0142. The first-order valence-corrected chi connectivity index (χ1v) is 5.95. The highest BCUT2D eigenvalue weighted by molar-refractivity contribution is 6.22. The van der Waals surface area contributed by atoms with E-state index in [-0.39, 0.29) is 28.8 Å². The zero-order chi connectivity index (χ0) is 12.3. The van der Waals surface area contributed by atoms with Crippen LogP contribution >= 0.6 is 0 Å². The van der Waals surface area contributed by atoms with Crippen LogP contribution in [0.1, 0.15) is 46.5 Å². The SMILES string of the molecule is CCCC(O)=C1C(=O)CC(C(C)C)CC1=O. The van der Waals surface area contributed by atoms with Crippen LogP contribution in [0.4, 0.5) is 0 Å². The van der Waals surface area contributed by atoms with Crippen LogP contribution in [0.2, 0.25) is 0 Å². The number of rotatable bonds is 3. The van der Waals surface area contributed by atoms with Crippen LogP contribution < -0.4 is 0 Å². The summed E-state index contributed by atoms with van der Waals surface area (Å²) in [6.07, 6.45) is 1.95. The van der Waals surface area contributed by atoms with E-state index in [0.717, 1.165) is 6.42 Å². The summed E-state index contributed by atoms with van der Waals surface area (Å²) in [6, 6.07) is 0. The van der Waals surface area contributed by atoms with Crippen molar-refractivity contribution in [3.8, 4) is 0 Å². The van der Waals surface area contributed by atoms with Gasteiger partial charge in [0.15, 0.2) is 11.6 Å². The van der Waals surface area contributed by atoms with Crippen LogP contribution in [-0.4, -0.2) is 16.7 Å². The molecular weight excluding hydrogens is 204 g/mol. The average molecular weight is 224 g/mol. The molecule has 0 radical (unpaired) electrons. The van der Waals surface area contributed by atoms with Gasteiger partial charge in [-0.05, 0) is 18.3 Å². The molecule has 1 N–H and O–H groups in total. The van der Waals surface area contributed by atoms with Crippen LogP contribution in [0.25, 0.3) is 0 Å². The predicted octanol–water partition coefficient (Wildman–Crippen LogP) is 2.80. The van der Waals surface area contributed by atoms with Crippen molar-refractivity contribution >= 4 is 11.6 Å². The number of carbonyl (C=O) groups is 2. The van der Waals surface area contributed by atoms with Crippen LogP contribution in [-0.2, 0) is 9.59 Å². The molecule has 1 saturated carbocycles. The fraction of sp³-hybridized carbons (Fsp3) is 0.692. The molecule has 3 heteroatoms. The van der Waals surface area contributed by atoms with Crippen molar-refractivity contribution in [3.63, 3.8) is 0 Å². The largest absolute Gasteiger partial charge is 0.511 e. The van der Waals surface area contributed by atoms with Crippen molar-refractivity contribution in [2.75, 3.05) is 0 Å². The second kappa shape index (κ2) is 5.28. The van der Waals surface area contributed by atoms with E-state index in [1.807, 2.05) is 20.8 Å². The first kappa shape index (κ1) is 12.9. The van der Waals surface area contributed by atoms with E-state index in [9.17, 15) is 14.7 Å². The Balaban J connectivity index is 2.89. The third-order valence-corrected chi connectivity index (χ3v) is 3.17. The minimum Gasteiger partial charge on any atom is -0.511 e. The number of aliphatic hydroxyl groups is 1. The Labute approximate surface area is 96.5 Å². The van der Waals surface area contributed by atoms with Gasteiger partial charge < -0.3 is 5.11 Å². The van der Waals surface area contributed by atoms with Gasteiger partial charge in [-0.15, -0.1) is 0 Å². The lowest BCUT2D eigenvalue weighted by Gasteiger charge is -2.25. The van der Waals surface area contributed by atoms with Gasteiger partial charge in [0.2, 0.25) is 0 Å². The van der Waals surface area contributed by atoms with E-state index in [2.05, 4.69) is 0 Å². The summed E-state index contributed by atoms with van der Waals surface area (Å²) in [4.78, 5) is 23.6. The molecule has 0 aromatic heterocycles. The third-order valence-electron chi connectivity index (χ3n) is 3.17. The van der Waals surface area contributed by atoms with E-state index in [1.54, 1.807) is 0 Å². The Bertz CT molecular complexity index is 306. The maximum atomic E-state index is 11.8. The average Bonchev–Trinajstić information content (AvgIpc) is 2.16. The van der Waals surface area contributed by atoms with Crippen molar-refractivity contribution < 1.29 is 14.7 Å². The van der Waals surface area contributed by atoms with Crippen molar-refractivity contribution in [1.82, 2.24) is 0 Å². The van der Waals surface area contributed by atoms with Gasteiger partial charge in [0.25, 0.3) is 0 Å². The van der Waals surface area contributed by atoms with Gasteiger partial charge in [-0.3, -0.25) is 9.59 Å². The Morgan fingerprint density at radius 1 is 1.31 bits per heavy atom. The molecule has 1 fully saturated rings. The summed E-state index contributed by atoms with van der Waals surface area (Å²) in [7, 11) is 0. The molecule has 90 valence electrons. The van der Waals surface area contributed by atoms with E-state index in [1.165, 1.54) is 0 Å². The number of hydrogen-bond donors (Lipinski definition) is 1. The topological polar surface area (TPSA) is 54.4 Å². The molecule has 1 rings (SSSR count). The zero-order valence-electron chi connectivity index (χ0n) is 10.2. The van der Waals surface area contributed by atoms with E-state index in [0.29, 0.717) is 25.2 Å². The molecule has 0 aliphatic heterocycles. The monoisotopic (exact) mass is 224 g/mol. The summed E-state index contributed by atoms with van der Waals surface area (Å²) >= 11 is 0. The molecular formula is C13H20O3. The summed E-state index contributed by atoms with van der Waals surface area (Å²) in [5.41, 5.74) is 0.0683. The summed E-state index contributed by atoms with van der Waals surface area (Å²) < 4.78 is 0. The van der Waals surface area contributed by atoms with Crippen molar-refractivity contribution in [2.24, 2.45) is 11.8 Å². The molecule has 0 unspecified atom stereocenters. The van der Waals surface area contributed by atoms with E-state index in [4.69, 9.17) is 0 Å². The first-order valence-electron chi connectivity index (χ1n) is 5.95. The standard InChI is InChI=1S/C13H20O3/c1-4-5-10(14)13-11(15)6-9(8(2)3)7-12(13)16/h8-9,14H,4-7H2,1-3H3. The first-order chi connectivity index (χ1) is 7.47. The molecule has 0 atom stereocenters. The molecule has 0 aromatic rings. The molecule has 0 heterocycles. The number of aliphatic hydroxyl groups excluding tert-OH is 1. The van der Waals surface area contributed by atoms with Crippen molar-refractivity contribution in [3.05, 3.63) is 11.3 Å². The highest BCUT2D eigenvalue weighted by Crippen LogP contribution is 2.30. The lowest BCUT2D eigenvalue weighted by molar-refractivity contribution is -0.126. The zero-order valence-corrected chi connectivity index (χ0v) is 10.2. The summed E-state index contributed by atoms with van der Waals surface area (Å²) in [5.74, 6) is 0.0995. The second-order valence-corrected chi connectivity index (χ2v) is 4.83. The van der Waals surface area contributed by atoms with Crippen LogP contribution in [0.15, 0.2) is 11.3 Å². The molecule has 0 aromatic carbocycles. The summed E-state index contributed by atoms with van der Waals surface area (Å²) in [5, 5.41) is 9.68. The number of carbonyl (C=O) groups excluding carboxylic acids is 2. The number of Topliss-reactive ketones (excluding diaryl/α,β-unsaturated/α-hetero) is 2. The van der Waals surface area contributed by atoms with E-state index >= 15 is 0 Å². The number of allylic oxidation sites excluding steroid dienone is 2. The molecule has 0 saturated heterocycles. The van der Waals surface area contributed by atoms with Crippen LogP contribution in [0.5, 0.6) is 0 Å². The Hall–Kier alpha value is -1.12. The lowest BCUT2D eigenvalue weighted by Crippen LogP contribution is -2.29. The maximum Gasteiger partial charge on any atom is 0.170 e. The summed E-state index contributed by atoms with van der Waals surface area (Å²) in [6.45, 7) is 5.95. The molecule has 0 bridgehead atoms. The smallest absolute Gasteiger partial charge is 0.170 e. The van der Waals surface area contributed by atoms with Gasteiger partial charge in [0.1, 0.15) is 5.76 Å². The molecule has 0 spiro atoms. The van der Waals surface area contributed by atoms with Gasteiger partial charge in [-0.25, -0.2) is 0 Å². The fourth-order valence-corrected chi connectivity index (χ4v) is 2.06. The quantitative estimate of drug-likeness (QED) is 0.455. The fourth-order valence-electron chi connectivity index (χ4n) is 2.06. The molecule has 1 aliphatic rings. The van der Waals surface area contributed by atoms with Gasteiger partial charge in [-0.1, -0.05) is 20.8 Å². The lowest BCUT2D eigenvalue weighted by atomic mass is 9.77. The third kappa shape index (κ3) is 2.71. The normalized spacial score (nSPS) is 21.8. The predicted molar refractivity (Wildman–Crippen MR) is 62.1 cm³/mol. The second-order valence-electron chi connectivity index (χ2n) is 4.83. The Morgan fingerprint density at radius 3 is 2.19 bits per heavy atom. The molecule has 1 aliphatic carbocycles. The van der Waals surface area contributed by atoms with Gasteiger partial charge in [0, 0.05) is 19.3 Å².